The Bertz CT molecular complexity index is 6950. The van der Waals surface area contributed by atoms with Crippen LogP contribution >= 0.6 is 0 Å². The predicted molar refractivity (Wildman–Crippen MR) is 541 cm³/mol. The molecule has 15 rings (SSSR count). The molecule has 0 saturated heterocycles. The number of nitrogens with one attached hydrogen (secondary N) is 4. The fourth-order valence-electron chi connectivity index (χ4n) is 16.3. The zero-order valence-electron chi connectivity index (χ0n) is 80.1. The van der Waals surface area contributed by atoms with Gasteiger partial charge >= 0.3 is 42.3 Å². The summed E-state index contributed by atoms with van der Waals surface area (Å²) >= 11 is 0. The van der Waals surface area contributed by atoms with E-state index in [9.17, 15) is 69.4 Å². The van der Waals surface area contributed by atoms with Crippen molar-refractivity contribution >= 4 is 86.5 Å². The largest absolute Gasteiger partial charge is 0.494 e. The van der Waals surface area contributed by atoms with Gasteiger partial charge in [0, 0.05) is 188 Å². The van der Waals surface area contributed by atoms with Crippen molar-refractivity contribution in [2.75, 3.05) is 19.6 Å². The monoisotopic (exact) mass is 1900 g/mol. The van der Waals surface area contributed by atoms with Crippen LogP contribution in [0, 0.1) is 6.92 Å². The molecule has 714 valence electrons. The zero-order valence-corrected chi connectivity index (χ0v) is 80.1. The van der Waals surface area contributed by atoms with Gasteiger partial charge in [-0.1, -0.05) is 129 Å². The lowest BCUT2D eigenvalue weighted by molar-refractivity contribution is -0.912. The lowest BCUT2D eigenvalue weighted by atomic mass is 9.77. The maximum atomic E-state index is 13.2. The highest BCUT2D eigenvalue weighted by atomic mass is 16.4. The normalized spacial score (nSPS) is 10.8. The molecule has 142 heavy (non-hydrogen) atoms. The van der Waals surface area contributed by atoms with Crippen molar-refractivity contribution in [2.24, 2.45) is 0 Å². The Hall–Kier alpha value is -15.4. The maximum Gasteiger partial charge on any atom is 0.494 e. The molecule has 10 aromatic heterocycles. The Labute approximate surface area is 828 Å². The SMILES string of the molecule is C=C(C)C(=O)NCCCNC(=O)c1cc(-c2cc[n+](Cc3ccccc3B(O)O)cc2)c[n+](Cc2ccccc2B(O)O)c1.C=C(C)C(=O)NCCc1cc[n+](C[n+]2ccc(-c3cc[n+](Cc4cc(C[n+]5ccccc5)cc(B(O)O)c4)cc3)cc2)cc1B(O)O.C=C(C)C(=O)NCc1cc(-c2ccc[n+](Cc3cccc(C[n+]4cccc(B(O)O)c4)c3)c2)c[n+](Cc2cccc(C[n+]3cccc(C)c3)c2)c1. The summed E-state index contributed by atoms with van der Waals surface area (Å²) in [5.41, 5.74) is 20.8. The van der Waals surface area contributed by atoms with Crippen molar-refractivity contribution in [1.29, 1.82) is 0 Å². The van der Waals surface area contributed by atoms with Crippen LogP contribution in [-0.4, -0.2) is 129 Å². The van der Waals surface area contributed by atoms with Gasteiger partial charge in [0.05, 0.1) is 11.1 Å². The summed E-state index contributed by atoms with van der Waals surface area (Å²) in [7, 11) is -7.89. The molecular weight excluding hydrogens is 1780 g/mol. The summed E-state index contributed by atoms with van der Waals surface area (Å²) in [6.45, 7) is 24.8. The van der Waals surface area contributed by atoms with Crippen LogP contribution in [0.15, 0.2) is 385 Å². The number of pyridine rings is 10. The molecule has 33 heteroatoms. The first-order chi connectivity index (χ1) is 68.4. The maximum absolute atomic E-state index is 13.2. The molecule has 0 fully saturated rings. The Morgan fingerprint density at radius 3 is 1.25 bits per heavy atom. The van der Waals surface area contributed by atoms with Crippen LogP contribution in [0.2, 0.25) is 0 Å². The highest BCUT2D eigenvalue weighted by Crippen LogP contribution is 2.22. The molecule has 5 aromatic carbocycles. The first kappa shape index (κ1) is 104. The second kappa shape index (κ2) is 51.0. The molecule has 10 heterocycles. The fourth-order valence-corrected chi connectivity index (χ4v) is 16.3. The highest BCUT2D eigenvalue weighted by Gasteiger charge is 2.28. The van der Waals surface area contributed by atoms with Gasteiger partial charge in [-0.3, -0.25) is 19.2 Å². The third-order valence-electron chi connectivity index (χ3n) is 23.5. The zero-order chi connectivity index (χ0) is 101. The van der Waals surface area contributed by atoms with E-state index in [1.165, 1.54) is 16.7 Å². The average molecular weight is 1900 g/mol. The molecule has 14 N–H and O–H groups in total. The number of carbonyl (C=O) groups is 4. The molecule has 0 aliphatic carbocycles. The third kappa shape index (κ3) is 31.3. The first-order valence-electron chi connectivity index (χ1n) is 46.7. The summed E-state index contributed by atoms with van der Waals surface area (Å²) < 4.78 is 20.2. The molecule has 0 unspecified atom stereocenters. The van der Waals surface area contributed by atoms with E-state index in [4.69, 9.17) is 0 Å². The van der Waals surface area contributed by atoms with Crippen LogP contribution in [0.25, 0.3) is 33.4 Å². The number of rotatable bonds is 39. The summed E-state index contributed by atoms with van der Waals surface area (Å²) in [5, 5.41) is 109. The highest BCUT2D eigenvalue weighted by molar-refractivity contribution is 6.60. The van der Waals surface area contributed by atoms with Crippen LogP contribution < -0.4 is 94.3 Å². The Morgan fingerprint density at radius 2 is 0.704 bits per heavy atom. The third-order valence-corrected chi connectivity index (χ3v) is 23.5. The van der Waals surface area contributed by atoms with Gasteiger partial charge in [0.15, 0.2) is 176 Å². The Kier molecular flexibility index (Phi) is 37.3. The number of amides is 4. The minimum Gasteiger partial charge on any atom is -0.423 e. The summed E-state index contributed by atoms with van der Waals surface area (Å²) in [4.78, 5) is 49.1. The van der Waals surface area contributed by atoms with E-state index in [0.717, 1.165) is 78.9 Å². The van der Waals surface area contributed by atoms with Crippen LogP contribution in [0.1, 0.15) is 98.7 Å². The summed E-state index contributed by atoms with van der Waals surface area (Å²) in [6.07, 6.45) is 40.3. The number of aryl methyl sites for hydroxylation is 1. The summed E-state index contributed by atoms with van der Waals surface area (Å²) in [6, 6.07) is 72.5. The smallest absolute Gasteiger partial charge is 0.423 e. The van der Waals surface area contributed by atoms with Crippen LogP contribution in [0.5, 0.6) is 0 Å². The second-order valence-electron chi connectivity index (χ2n) is 35.4. The molecule has 15 aromatic rings. The van der Waals surface area contributed by atoms with E-state index in [1.807, 2.05) is 193 Å². The molecule has 28 nitrogen and oxygen atoms in total. The molecule has 4 amide bonds. The lowest BCUT2D eigenvalue weighted by Gasteiger charge is -2.10. The molecule has 0 bridgehead atoms. The van der Waals surface area contributed by atoms with E-state index in [-0.39, 0.29) is 23.6 Å². The van der Waals surface area contributed by atoms with Gasteiger partial charge in [-0.15, -0.1) is 9.13 Å². The van der Waals surface area contributed by atoms with Crippen molar-refractivity contribution in [1.82, 2.24) is 21.3 Å². The standard InChI is InChI=1S/C42H43BN5O3.C35H38B2N5O5.C32H34B2N4O6/c1-32(2)42(49)44-22-38-21-40(30-48(28-38)27-37-13-5-10-34(20-37)24-45-16-6-9-33(3)23-45)39-14-7-17-46(29-39)25-35-11-4-12-36(19-35)26-47-18-8-15-41(31-47)43(50)51;1-27(2)35(43)38-12-6-32-11-19-42(25-34(32)37(46)47)26-41-17-9-31(10-18-41)30-7-15-40(16-8-30)24-29-20-28(21-33(22-29)36(44)45)23-39-13-4-3-5-14-39;1-23(2)31(39)35-14-7-15-36-32(40)28-18-27(21-38(22-28)20-26-9-4-6-11-30(26)34(43)44)24-12-16-37(17-13-24)19-25-8-3-5-10-29(25)33(41)42/h4-21,23,28-31,50-51H,1,22,24-27H2,2-3H3;3-5,7-11,13-22,25,44-47H,1,6,12,23-24,26H2,2H3;3-6,8-13,16-18,21-22,41-44H,1,7,14-15,19-20H2,2H3/q2*+3;/p+4. The van der Waals surface area contributed by atoms with Crippen molar-refractivity contribution in [2.45, 2.75) is 106 Å². The molecule has 0 spiro atoms. The van der Waals surface area contributed by atoms with Crippen molar-refractivity contribution in [3.05, 3.63) is 452 Å². The molecule has 0 aliphatic heterocycles. The molecule has 0 radical (unpaired) electrons. The lowest BCUT2D eigenvalue weighted by Crippen LogP contribution is -2.54. The van der Waals surface area contributed by atoms with Gasteiger partial charge in [-0.25, -0.2) is 27.4 Å². The number of hydrogen-bond acceptors (Lipinski definition) is 14. The molecule has 0 aliphatic rings. The minimum absolute atomic E-state index is 0.162. The van der Waals surface area contributed by atoms with Gasteiger partial charge in [0.1, 0.15) is 5.56 Å². The molecule has 0 atom stereocenters. The average Bonchev–Trinajstić information content (AvgIpc) is 0.812. The fraction of sp³-hybridized carbons (Fsp3) is 0.174. The van der Waals surface area contributed by atoms with Gasteiger partial charge in [0.2, 0.25) is 17.7 Å². The number of nitrogens with zero attached hydrogens (tertiary/aromatic N) is 10. The van der Waals surface area contributed by atoms with E-state index in [0.29, 0.717) is 147 Å². The van der Waals surface area contributed by atoms with Gasteiger partial charge < -0.3 is 71.5 Å². The number of carbonyl (C=O) groups excluding carboxylic acids is 4. The summed E-state index contributed by atoms with van der Waals surface area (Å²) in [5.74, 6) is -0.898. The van der Waals surface area contributed by atoms with Gasteiger partial charge in [-0.05, 0) is 122 Å². The van der Waals surface area contributed by atoms with E-state index >= 15 is 0 Å². The number of hydrogen-bond donors (Lipinski definition) is 14. The minimum atomic E-state index is -1.64. The Morgan fingerprint density at radius 1 is 0.282 bits per heavy atom. The number of aromatic nitrogens is 10. The van der Waals surface area contributed by atoms with Crippen LogP contribution in [0.4, 0.5) is 0 Å². The second-order valence-corrected chi connectivity index (χ2v) is 35.4. The van der Waals surface area contributed by atoms with Crippen molar-refractivity contribution < 1.29 is 115 Å². The van der Waals surface area contributed by atoms with Gasteiger partial charge in [0.25, 0.3) is 5.91 Å². The van der Waals surface area contributed by atoms with E-state index in [1.54, 1.807) is 81.8 Å². The number of benzene rings is 5. The first-order valence-corrected chi connectivity index (χ1v) is 46.7. The quantitative estimate of drug-likeness (QED) is 0.0110. The van der Waals surface area contributed by atoms with Gasteiger partial charge in [-0.2, -0.15) is 9.13 Å². The molecule has 0 saturated carbocycles. The topological polar surface area (TPSA) is 357 Å². The predicted octanol–water partition coefficient (Wildman–Crippen LogP) is 0.775. The van der Waals surface area contributed by atoms with E-state index < -0.39 is 35.6 Å². The van der Waals surface area contributed by atoms with Crippen molar-refractivity contribution in [3.63, 3.8) is 0 Å². The molecular formula is C109H119B5N14O14+10. The van der Waals surface area contributed by atoms with Crippen LogP contribution in [0.3, 0.4) is 0 Å². The Balaban J connectivity index is 0.000000180. The van der Waals surface area contributed by atoms with Crippen LogP contribution in [-0.2, 0) is 86.4 Å². The van der Waals surface area contributed by atoms with Crippen molar-refractivity contribution in [3.8, 4) is 33.4 Å². The van der Waals surface area contributed by atoms with E-state index in [2.05, 4.69) is 188 Å².